The molecule has 0 aliphatic rings. The number of hydrogen-bond donors (Lipinski definition) is 2. The summed E-state index contributed by atoms with van der Waals surface area (Å²) in [6.45, 7) is 2.72. The Morgan fingerprint density at radius 3 is 2.88 bits per heavy atom. The number of hydrogen-bond acceptors (Lipinski definition) is 3. The van der Waals surface area contributed by atoms with Gasteiger partial charge in [0, 0.05) is 12.2 Å². The summed E-state index contributed by atoms with van der Waals surface area (Å²) >= 11 is 7.72. The van der Waals surface area contributed by atoms with E-state index in [2.05, 4.69) is 12.2 Å². The zero-order valence-electron chi connectivity index (χ0n) is 10.00. The van der Waals surface area contributed by atoms with Crippen molar-refractivity contribution in [2.24, 2.45) is 5.92 Å². The minimum Gasteiger partial charge on any atom is -0.398 e. The zero-order chi connectivity index (χ0) is 12.8. The number of nitrogens with one attached hydrogen (secondary N) is 1. The molecule has 0 saturated heterocycles. The van der Waals surface area contributed by atoms with Gasteiger partial charge in [-0.15, -0.1) is 0 Å². The molecule has 0 aromatic heterocycles. The molecule has 3 N–H and O–H groups in total. The van der Waals surface area contributed by atoms with Crippen LogP contribution >= 0.6 is 23.4 Å². The van der Waals surface area contributed by atoms with Gasteiger partial charge in [-0.25, -0.2) is 0 Å². The average Bonchev–Trinajstić information content (AvgIpc) is 2.26. The predicted molar refractivity (Wildman–Crippen MR) is 75.7 cm³/mol. The summed E-state index contributed by atoms with van der Waals surface area (Å²) in [6.07, 6.45) is 2.05. The lowest BCUT2D eigenvalue weighted by Gasteiger charge is -2.12. The smallest absolute Gasteiger partial charge is 0.254 e. The molecule has 3 nitrogen and oxygen atoms in total. The summed E-state index contributed by atoms with van der Waals surface area (Å²) < 4.78 is 0. The van der Waals surface area contributed by atoms with E-state index >= 15 is 0 Å². The Kier molecular flexibility index (Phi) is 5.65. The van der Waals surface area contributed by atoms with Crippen LogP contribution in [0.1, 0.15) is 17.3 Å². The molecule has 17 heavy (non-hydrogen) atoms. The van der Waals surface area contributed by atoms with E-state index in [1.54, 1.807) is 30.0 Å². The average molecular weight is 273 g/mol. The molecule has 94 valence electrons. The fraction of sp³-hybridized carbons (Fsp3) is 0.417. The van der Waals surface area contributed by atoms with Gasteiger partial charge in [0.05, 0.1) is 10.6 Å². The third kappa shape index (κ3) is 4.13. The Bertz CT molecular complexity index is 378. The number of nitrogen functional groups attached to an aromatic ring is 1. The summed E-state index contributed by atoms with van der Waals surface area (Å²) in [5.41, 5.74) is 6.51. The quantitative estimate of drug-likeness (QED) is 0.811. The fourth-order valence-corrected chi connectivity index (χ4v) is 2.43. The van der Waals surface area contributed by atoms with Crippen LogP contribution < -0.4 is 11.1 Å². The number of carbonyl (C=O) groups is 1. The highest BCUT2D eigenvalue weighted by Gasteiger charge is 2.14. The normalized spacial score (nSPS) is 12.2. The number of thioether (sulfide) groups is 1. The summed E-state index contributed by atoms with van der Waals surface area (Å²) in [6, 6.07) is 5.06. The van der Waals surface area contributed by atoms with Crippen LogP contribution in [0.3, 0.4) is 0 Å². The summed E-state index contributed by atoms with van der Waals surface area (Å²) in [5.74, 6) is 1.23. The van der Waals surface area contributed by atoms with E-state index in [1.165, 1.54) is 0 Å². The lowest BCUT2D eigenvalue weighted by molar-refractivity contribution is 0.0950. The van der Waals surface area contributed by atoms with Crippen molar-refractivity contribution >= 4 is 35.0 Å². The molecule has 1 aromatic rings. The Morgan fingerprint density at radius 2 is 2.29 bits per heavy atom. The summed E-state index contributed by atoms with van der Waals surface area (Å²) in [5, 5.41) is 3.24. The third-order valence-corrected chi connectivity index (χ3v) is 3.55. The number of benzene rings is 1. The maximum absolute atomic E-state index is 11.9. The first kappa shape index (κ1) is 14.2. The van der Waals surface area contributed by atoms with E-state index in [1.807, 2.05) is 6.26 Å². The van der Waals surface area contributed by atoms with E-state index in [9.17, 15) is 4.79 Å². The molecule has 1 rings (SSSR count). The van der Waals surface area contributed by atoms with Crippen molar-refractivity contribution in [1.82, 2.24) is 5.32 Å². The summed E-state index contributed by atoms with van der Waals surface area (Å²) in [7, 11) is 0. The van der Waals surface area contributed by atoms with Gasteiger partial charge in [0.1, 0.15) is 0 Å². The van der Waals surface area contributed by atoms with Crippen LogP contribution in [0.5, 0.6) is 0 Å². The number of rotatable bonds is 5. The van der Waals surface area contributed by atoms with Crippen LogP contribution in [-0.4, -0.2) is 24.5 Å². The molecule has 1 aromatic carbocycles. The standard InChI is InChI=1S/C12H17ClN2OS/c1-8(7-17-2)6-15-12(16)11-9(13)4-3-5-10(11)14/h3-5,8H,6-7,14H2,1-2H3,(H,15,16). The molecule has 0 spiro atoms. The fourth-order valence-electron chi connectivity index (χ4n) is 1.48. The first-order valence-electron chi connectivity index (χ1n) is 5.37. The minimum atomic E-state index is -0.207. The lowest BCUT2D eigenvalue weighted by Crippen LogP contribution is -2.29. The molecule has 0 heterocycles. The SMILES string of the molecule is CSCC(C)CNC(=O)c1c(N)cccc1Cl. The maximum atomic E-state index is 11.9. The third-order valence-electron chi connectivity index (χ3n) is 2.34. The van der Waals surface area contributed by atoms with Gasteiger partial charge < -0.3 is 11.1 Å². The van der Waals surface area contributed by atoms with Crippen molar-refractivity contribution in [2.45, 2.75) is 6.92 Å². The van der Waals surface area contributed by atoms with Crippen molar-refractivity contribution in [3.8, 4) is 0 Å². The maximum Gasteiger partial charge on any atom is 0.254 e. The second kappa shape index (κ2) is 6.77. The van der Waals surface area contributed by atoms with Crippen LogP contribution in [0.4, 0.5) is 5.69 Å². The van der Waals surface area contributed by atoms with Crippen LogP contribution in [0.2, 0.25) is 5.02 Å². The van der Waals surface area contributed by atoms with Crippen LogP contribution in [0.15, 0.2) is 18.2 Å². The van der Waals surface area contributed by atoms with Gasteiger partial charge in [-0.3, -0.25) is 4.79 Å². The lowest BCUT2D eigenvalue weighted by atomic mass is 10.1. The van der Waals surface area contributed by atoms with Crippen LogP contribution in [-0.2, 0) is 0 Å². The highest BCUT2D eigenvalue weighted by atomic mass is 35.5. The molecular formula is C12H17ClN2OS. The van der Waals surface area contributed by atoms with Crippen molar-refractivity contribution < 1.29 is 4.79 Å². The first-order chi connectivity index (χ1) is 8.06. The number of halogens is 1. The molecule has 0 aliphatic carbocycles. The Morgan fingerprint density at radius 1 is 1.59 bits per heavy atom. The Balaban J connectivity index is 2.64. The van der Waals surface area contributed by atoms with E-state index in [-0.39, 0.29) is 5.91 Å². The molecule has 5 heteroatoms. The second-order valence-corrected chi connectivity index (χ2v) is 5.29. The molecule has 1 atom stereocenters. The van der Waals surface area contributed by atoms with Gasteiger partial charge in [0.2, 0.25) is 0 Å². The monoisotopic (exact) mass is 272 g/mol. The van der Waals surface area contributed by atoms with E-state index < -0.39 is 0 Å². The Hall–Kier alpha value is -0.870. The van der Waals surface area contributed by atoms with Gasteiger partial charge in [0.15, 0.2) is 0 Å². The van der Waals surface area contributed by atoms with Crippen molar-refractivity contribution in [2.75, 3.05) is 24.3 Å². The number of nitrogens with two attached hydrogens (primary N) is 1. The molecule has 0 aliphatic heterocycles. The largest absolute Gasteiger partial charge is 0.398 e. The van der Waals surface area contributed by atoms with Gasteiger partial charge in [0.25, 0.3) is 5.91 Å². The second-order valence-electron chi connectivity index (χ2n) is 3.97. The molecule has 0 bridgehead atoms. The topological polar surface area (TPSA) is 55.1 Å². The van der Waals surface area contributed by atoms with E-state index in [0.29, 0.717) is 28.7 Å². The zero-order valence-corrected chi connectivity index (χ0v) is 11.6. The first-order valence-corrected chi connectivity index (χ1v) is 7.14. The highest BCUT2D eigenvalue weighted by Crippen LogP contribution is 2.21. The van der Waals surface area contributed by atoms with Gasteiger partial charge in [-0.1, -0.05) is 24.6 Å². The molecule has 0 saturated carbocycles. The van der Waals surface area contributed by atoms with Crippen molar-refractivity contribution in [1.29, 1.82) is 0 Å². The molecule has 1 unspecified atom stereocenters. The number of anilines is 1. The molecule has 1 amide bonds. The van der Waals surface area contributed by atoms with Gasteiger partial charge in [-0.05, 0) is 30.1 Å². The molecular weight excluding hydrogens is 256 g/mol. The van der Waals surface area contributed by atoms with Crippen molar-refractivity contribution in [3.63, 3.8) is 0 Å². The van der Waals surface area contributed by atoms with E-state index in [0.717, 1.165) is 5.75 Å². The molecule has 0 fully saturated rings. The minimum absolute atomic E-state index is 0.207. The number of carbonyl (C=O) groups excluding carboxylic acids is 1. The number of amides is 1. The Labute approximate surface area is 111 Å². The highest BCUT2D eigenvalue weighted by molar-refractivity contribution is 7.98. The van der Waals surface area contributed by atoms with Crippen LogP contribution in [0, 0.1) is 5.92 Å². The summed E-state index contributed by atoms with van der Waals surface area (Å²) in [4.78, 5) is 11.9. The van der Waals surface area contributed by atoms with Crippen molar-refractivity contribution in [3.05, 3.63) is 28.8 Å². The van der Waals surface area contributed by atoms with E-state index in [4.69, 9.17) is 17.3 Å². The van der Waals surface area contributed by atoms with Crippen LogP contribution in [0.25, 0.3) is 0 Å². The van der Waals surface area contributed by atoms with Gasteiger partial charge >= 0.3 is 0 Å². The predicted octanol–water partition coefficient (Wildman–Crippen LogP) is 2.65. The molecule has 0 radical (unpaired) electrons. The van der Waals surface area contributed by atoms with Gasteiger partial charge in [-0.2, -0.15) is 11.8 Å².